The van der Waals surface area contributed by atoms with Crippen molar-refractivity contribution in [2.24, 2.45) is 11.8 Å². The number of hydrogen-bond acceptors (Lipinski definition) is 2. The summed E-state index contributed by atoms with van der Waals surface area (Å²) in [7, 11) is 0. The molecule has 0 aliphatic heterocycles. The molecule has 0 fully saturated rings. The summed E-state index contributed by atoms with van der Waals surface area (Å²) in [6, 6.07) is 0. The lowest BCUT2D eigenvalue weighted by atomic mass is 10.1. The number of carbonyl (C=O) groups excluding carboxylic acids is 1. The third kappa shape index (κ3) is 7.54. The molecule has 0 bridgehead atoms. The van der Waals surface area contributed by atoms with Crippen LogP contribution in [0.5, 0.6) is 0 Å². The zero-order chi connectivity index (χ0) is 9.56. The van der Waals surface area contributed by atoms with Gasteiger partial charge in [-0.2, -0.15) is 0 Å². The maximum atomic E-state index is 11.1. The molecule has 0 atom stereocenters. The van der Waals surface area contributed by atoms with E-state index in [2.05, 4.69) is 24.7 Å². The largest absolute Gasteiger partial charge is 0.292 e. The SMILES string of the molecule is CC(C)CNNC(=O)CC(C)C. The lowest BCUT2D eigenvalue weighted by Gasteiger charge is -2.09. The zero-order valence-electron chi connectivity index (χ0n) is 8.48. The smallest absolute Gasteiger partial charge is 0.234 e. The second kappa shape index (κ2) is 6.00. The quantitative estimate of drug-likeness (QED) is 0.614. The number of hydrogen-bond donors (Lipinski definition) is 2. The summed E-state index contributed by atoms with van der Waals surface area (Å²) in [5.74, 6) is 1.06. The monoisotopic (exact) mass is 172 g/mol. The fourth-order valence-corrected chi connectivity index (χ4v) is 0.776. The molecule has 0 aliphatic carbocycles. The minimum atomic E-state index is 0.0747. The van der Waals surface area contributed by atoms with Gasteiger partial charge in [-0.3, -0.25) is 10.2 Å². The highest BCUT2D eigenvalue weighted by Gasteiger charge is 2.03. The van der Waals surface area contributed by atoms with Crippen molar-refractivity contribution in [3.63, 3.8) is 0 Å². The standard InChI is InChI=1S/C9H20N2O/c1-7(2)5-9(12)11-10-6-8(3)4/h7-8,10H,5-6H2,1-4H3,(H,11,12). The Morgan fingerprint density at radius 3 is 2.17 bits per heavy atom. The Bertz CT molecular complexity index is 132. The highest BCUT2D eigenvalue weighted by Crippen LogP contribution is 1.97. The molecular weight excluding hydrogens is 152 g/mol. The summed E-state index contributed by atoms with van der Waals surface area (Å²) in [5, 5.41) is 0. The Balaban J connectivity index is 3.32. The Morgan fingerprint density at radius 2 is 1.75 bits per heavy atom. The Hall–Kier alpha value is -0.570. The van der Waals surface area contributed by atoms with E-state index in [1.807, 2.05) is 13.8 Å². The molecule has 0 aliphatic rings. The van der Waals surface area contributed by atoms with Crippen LogP contribution in [0.15, 0.2) is 0 Å². The summed E-state index contributed by atoms with van der Waals surface area (Å²) >= 11 is 0. The maximum Gasteiger partial charge on any atom is 0.234 e. The number of carbonyl (C=O) groups is 1. The van der Waals surface area contributed by atoms with Gasteiger partial charge in [-0.15, -0.1) is 0 Å². The number of nitrogens with one attached hydrogen (secondary N) is 2. The molecule has 0 saturated heterocycles. The van der Waals surface area contributed by atoms with Crippen LogP contribution in [0.25, 0.3) is 0 Å². The average molecular weight is 172 g/mol. The second-order valence-electron chi connectivity index (χ2n) is 3.92. The van der Waals surface area contributed by atoms with E-state index in [1.165, 1.54) is 0 Å². The van der Waals surface area contributed by atoms with Crippen molar-refractivity contribution >= 4 is 5.91 Å². The predicted octanol–water partition coefficient (Wildman–Crippen LogP) is 1.31. The minimum absolute atomic E-state index is 0.0747. The van der Waals surface area contributed by atoms with Gasteiger partial charge in [0.15, 0.2) is 0 Å². The van der Waals surface area contributed by atoms with Gasteiger partial charge in [0, 0.05) is 13.0 Å². The van der Waals surface area contributed by atoms with Crippen molar-refractivity contribution in [1.82, 2.24) is 10.9 Å². The number of hydrazine groups is 1. The van der Waals surface area contributed by atoms with Crippen LogP contribution in [0.4, 0.5) is 0 Å². The minimum Gasteiger partial charge on any atom is -0.292 e. The summed E-state index contributed by atoms with van der Waals surface area (Å²) in [4.78, 5) is 11.1. The first-order chi connectivity index (χ1) is 5.52. The van der Waals surface area contributed by atoms with Crippen LogP contribution in [0.3, 0.4) is 0 Å². The molecule has 1 amide bonds. The van der Waals surface area contributed by atoms with E-state index >= 15 is 0 Å². The van der Waals surface area contributed by atoms with Crippen LogP contribution >= 0.6 is 0 Å². The molecule has 3 heteroatoms. The van der Waals surface area contributed by atoms with Crippen LogP contribution in [-0.2, 0) is 4.79 Å². The number of amides is 1. The lowest BCUT2D eigenvalue weighted by molar-refractivity contribution is -0.122. The first kappa shape index (κ1) is 11.4. The van der Waals surface area contributed by atoms with Gasteiger partial charge < -0.3 is 0 Å². The summed E-state index contributed by atoms with van der Waals surface area (Å²) in [5.41, 5.74) is 5.55. The van der Waals surface area contributed by atoms with E-state index < -0.39 is 0 Å². The lowest BCUT2D eigenvalue weighted by Crippen LogP contribution is -2.39. The third-order valence-electron chi connectivity index (χ3n) is 1.33. The Kier molecular flexibility index (Phi) is 5.72. The maximum absolute atomic E-state index is 11.1. The third-order valence-corrected chi connectivity index (χ3v) is 1.33. The highest BCUT2D eigenvalue weighted by atomic mass is 16.2. The number of rotatable bonds is 5. The van der Waals surface area contributed by atoms with Crippen molar-refractivity contribution in [3.05, 3.63) is 0 Å². The van der Waals surface area contributed by atoms with Crippen molar-refractivity contribution < 1.29 is 4.79 Å². The molecule has 0 aromatic heterocycles. The molecule has 0 unspecified atom stereocenters. The molecule has 72 valence electrons. The molecule has 0 aromatic carbocycles. The highest BCUT2D eigenvalue weighted by molar-refractivity contribution is 5.75. The van der Waals surface area contributed by atoms with Crippen molar-refractivity contribution in [1.29, 1.82) is 0 Å². The first-order valence-electron chi connectivity index (χ1n) is 4.54. The van der Waals surface area contributed by atoms with Gasteiger partial charge in [0.25, 0.3) is 0 Å². The van der Waals surface area contributed by atoms with Gasteiger partial charge in [0.2, 0.25) is 5.91 Å². The van der Waals surface area contributed by atoms with E-state index in [9.17, 15) is 4.79 Å². The van der Waals surface area contributed by atoms with Gasteiger partial charge in [-0.05, 0) is 11.8 Å². The van der Waals surface area contributed by atoms with E-state index in [0.29, 0.717) is 18.3 Å². The van der Waals surface area contributed by atoms with Crippen LogP contribution in [0.1, 0.15) is 34.1 Å². The summed E-state index contributed by atoms with van der Waals surface area (Å²) in [6.07, 6.45) is 0.588. The van der Waals surface area contributed by atoms with Gasteiger partial charge in [0.05, 0.1) is 0 Å². The summed E-state index contributed by atoms with van der Waals surface area (Å²) < 4.78 is 0. The topological polar surface area (TPSA) is 41.1 Å². The van der Waals surface area contributed by atoms with Crippen molar-refractivity contribution in [2.75, 3.05) is 6.54 Å². The zero-order valence-corrected chi connectivity index (χ0v) is 8.48. The van der Waals surface area contributed by atoms with Gasteiger partial charge in [-0.25, -0.2) is 5.43 Å². The molecule has 0 aromatic rings. The van der Waals surface area contributed by atoms with Gasteiger partial charge >= 0.3 is 0 Å². The molecular formula is C9H20N2O. The molecule has 0 rings (SSSR count). The fraction of sp³-hybridized carbons (Fsp3) is 0.889. The fourth-order valence-electron chi connectivity index (χ4n) is 0.776. The van der Waals surface area contributed by atoms with E-state index in [-0.39, 0.29) is 5.91 Å². The molecule has 0 heterocycles. The molecule has 12 heavy (non-hydrogen) atoms. The molecule has 0 saturated carbocycles. The van der Waals surface area contributed by atoms with E-state index in [1.54, 1.807) is 0 Å². The molecule has 0 spiro atoms. The molecule has 0 radical (unpaired) electrons. The van der Waals surface area contributed by atoms with E-state index in [4.69, 9.17) is 0 Å². The predicted molar refractivity (Wildman–Crippen MR) is 50.4 cm³/mol. The molecule has 2 N–H and O–H groups in total. The summed E-state index contributed by atoms with van der Waals surface area (Å²) in [6.45, 7) is 9.08. The van der Waals surface area contributed by atoms with Gasteiger partial charge in [-0.1, -0.05) is 27.7 Å². The second-order valence-corrected chi connectivity index (χ2v) is 3.92. The van der Waals surface area contributed by atoms with Crippen LogP contribution < -0.4 is 10.9 Å². The van der Waals surface area contributed by atoms with Crippen LogP contribution in [0.2, 0.25) is 0 Å². The van der Waals surface area contributed by atoms with Crippen LogP contribution in [0, 0.1) is 11.8 Å². The van der Waals surface area contributed by atoms with Crippen molar-refractivity contribution in [2.45, 2.75) is 34.1 Å². The average Bonchev–Trinajstić information content (AvgIpc) is 1.84. The normalized spacial score (nSPS) is 10.8. The van der Waals surface area contributed by atoms with Crippen LogP contribution in [-0.4, -0.2) is 12.5 Å². The Morgan fingerprint density at radius 1 is 1.17 bits per heavy atom. The van der Waals surface area contributed by atoms with E-state index in [0.717, 1.165) is 6.54 Å². The Labute approximate surface area is 74.9 Å². The van der Waals surface area contributed by atoms with Crippen molar-refractivity contribution in [3.8, 4) is 0 Å². The molecule has 3 nitrogen and oxygen atoms in total. The van der Waals surface area contributed by atoms with Gasteiger partial charge in [0.1, 0.15) is 0 Å². The first-order valence-corrected chi connectivity index (χ1v) is 4.54.